The predicted octanol–water partition coefficient (Wildman–Crippen LogP) is 1.19. The lowest BCUT2D eigenvalue weighted by atomic mass is 10.1. The molecule has 1 saturated heterocycles. The molecule has 26 heavy (non-hydrogen) atoms. The molecule has 7 nitrogen and oxygen atoms in total. The molecule has 1 aromatic heterocycles. The third kappa shape index (κ3) is 5.45. The molecule has 1 fully saturated rings. The molecule has 1 atom stereocenters. The van der Waals surface area contributed by atoms with Gasteiger partial charge in [-0.1, -0.05) is 13.8 Å². The topological polar surface area (TPSA) is 51.9 Å². The molecule has 7 heteroatoms. The summed E-state index contributed by atoms with van der Waals surface area (Å²) >= 11 is 0. The van der Waals surface area contributed by atoms with Crippen molar-refractivity contribution >= 4 is 5.96 Å². The van der Waals surface area contributed by atoms with Crippen LogP contribution in [0.5, 0.6) is 0 Å². The molecular weight excluding hydrogens is 326 g/mol. The first-order chi connectivity index (χ1) is 12.3. The van der Waals surface area contributed by atoms with E-state index < -0.39 is 0 Å². The molecule has 1 aliphatic heterocycles. The number of nitrogens with one attached hydrogen (secondary N) is 1. The molecule has 0 aromatic carbocycles. The molecule has 1 N–H and O–H groups in total. The zero-order valence-corrected chi connectivity index (χ0v) is 17.7. The minimum absolute atomic E-state index is 0.422. The zero-order chi connectivity index (χ0) is 19.3. The van der Waals surface area contributed by atoms with Gasteiger partial charge in [0.2, 0.25) is 0 Å². The molecule has 148 valence electrons. The van der Waals surface area contributed by atoms with Crippen LogP contribution >= 0.6 is 0 Å². The molecule has 0 radical (unpaired) electrons. The van der Waals surface area contributed by atoms with E-state index in [-0.39, 0.29) is 0 Å². The van der Waals surface area contributed by atoms with E-state index in [2.05, 4.69) is 73.2 Å². The lowest BCUT2D eigenvalue weighted by Crippen LogP contribution is -2.51. The molecule has 2 heterocycles. The molecule has 1 aliphatic rings. The van der Waals surface area contributed by atoms with Gasteiger partial charge in [0.25, 0.3) is 0 Å². The Morgan fingerprint density at radius 3 is 2.73 bits per heavy atom. The van der Waals surface area contributed by atoms with Crippen LogP contribution in [0.2, 0.25) is 0 Å². The molecule has 1 unspecified atom stereocenters. The summed E-state index contributed by atoms with van der Waals surface area (Å²) in [5.41, 5.74) is 2.44. The van der Waals surface area contributed by atoms with Gasteiger partial charge in [0.1, 0.15) is 0 Å². The van der Waals surface area contributed by atoms with Crippen molar-refractivity contribution in [2.24, 2.45) is 12.0 Å². The summed E-state index contributed by atoms with van der Waals surface area (Å²) in [6, 6.07) is 0.473. The fraction of sp³-hybridized carbons (Fsp3) is 0.789. The summed E-state index contributed by atoms with van der Waals surface area (Å²) in [6.45, 7) is 12.3. The van der Waals surface area contributed by atoms with E-state index in [9.17, 15) is 0 Å². The van der Waals surface area contributed by atoms with E-state index >= 15 is 0 Å². The quantitative estimate of drug-likeness (QED) is 0.608. The summed E-state index contributed by atoms with van der Waals surface area (Å²) in [5.74, 6) is 1.39. The van der Waals surface area contributed by atoms with Crippen molar-refractivity contribution in [2.75, 3.05) is 53.9 Å². The molecule has 0 amide bonds. The first-order valence-electron chi connectivity index (χ1n) is 9.72. The van der Waals surface area contributed by atoms with Crippen molar-refractivity contribution in [3.63, 3.8) is 0 Å². The Balaban J connectivity index is 2.08. The normalized spacial score (nSPS) is 20.0. The van der Waals surface area contributed by atoms with Gasteiger partial charge in [-0.15, -0.1) is 0 Å². The fourth-order valence-electron chi connectivity index (χ4n) is 3.45. The van der Waals surface area contributed by atoms with Gasteiger partial charge in [0.15, 0.2) is 5.96 Å². The van der Waals surface area contributed by atoms with Crippen molar-refractivity contribution in [2.45, 2.75) is 39.3 Å². The van der Waals surface area contributed by atoms with Crippen molar-refractivity contribution in [1.29, 1.82) is 0 Å². The lowest BCUT2D eigenvalue weighted by molar-refractivity contribution is 0.119. The number of hydrogen-bond donors (Lipinski definition) is 1. The summed E-state index contributed by atoms with van der Waals surface area (Å²) in [6.07, 6.45) is 2.12. The predicted molar refractivity (Wildman–Crippen MR) is 109 cm³/mol. The third-order valence-electron chi connectivity index (χ3n) is 5.02. The van der Waals surface area contributed by atoms with E-state index in [4.69, 9.17) is 4.99 Å². The standard InChI is InChI=1S/C19H37N7/c1-8-20-19(21-11-17-14-23(4)9-10-24(17)5)25(6)12-16-13-26(7)22-18(16)15(2)3/h13,15,17H,8-12,14H2,1-7H3,(H,20,21). The van der Waals surface area contributed by atoms with Gasteiger partial charge in [-0.3, -0.25) is 14.6 Å². The summed E-state index contributed by atoms with van der Waals surface area (Å²) in [7, 11) is 8.49. The molecule has 0 bridgehead atoms. The van der Waals surface area contributed by atoms with Gasteiger partial charge in [0, 0.05) is 64.6 Å². The van der Waals surface area contributed by atoms with Crippen molar-refractivity contribution in [3.8, 4) is 0 Å². The van der Waals surface area contributed by atoms with Crippen LogP contribution in [-0.4, -0.2) is 90.3 Å². The third-order valence-corrected chi connectivity index (χ3v) is 5.02. The number of likely N-dealkylation sites (N-methyl/N-ethyl adjacent to an activating group) is 2. The van der Waals surface area contributed by atoms with Crippen LogP contribution in [0.4, 0.5) is 0 Å². The first-order valence-corrected chi connectivity index (χ1v) is 9.72. The number of piperazine rings is 1. The Morgan fingerprint density at radius 1 is 1.35 bits per heavy atom. The van der Waals surface area contributed by atoms with Crippen LogP contribution in [0.15, 0.2) is 11.2 Å². The Kier molecular flexibility index (Phi) is 7.46. The highest BCUT2D eigenvalue weighted by Crippen LogP contribution is 2.18. The van der Waals surface area contributed by atoms with Gasteiger partial charge < -0.3 is 15.1 Å². The number of aryl methyl sites for hydroxylation is 1. The smallest absolute Gasteiger partial charge is 0.194 e. The maximum absolute atomic E-state index is 4.94. The van der Waals surface area contributed by atoms with Gasteiger partial charge in [0.05, 0.1) is 12.2 Å². The fourth-order valence-corrected chi connectivity index (χ4v) is 3.45. The van der Waals surface area contributed by atoms with Gasteiger partial charge in [-0.05, 0) is 26.9 Å². The zero-order valence-electron chi connectivity index (χ0n) is 17.7. The molecule has 0 saturated carbocycles. The minimum atomic E-state index is 0.422. The summed E-state index contributed by atoms with van der Waals surface area (Å²) in [5, 5.41) is 8.06. The van der Waals surface area contributed by atoms with Crippen molar-refractivity contribution in [3.05, 3.63) is 17.5 Å². The van der Waals surface area contributed by atoms with Gasteiger partial charge in [-0.2, -0.15) is 5.10 Å². The van der Waals surface area contributed by atoms with Crippen LogP contribution < -0.4 is 5.32 Å². The highest BCUT2D eigenvalue weighted by atomic mass is 15.3. The van der Waals surface area contributed by atoms with Crippen LogP contribution in [0.1, 0.15) is 37.9 Å². The van der Waals surface area contributed by atoms with Crippen molar-refractivity contribution in [1.82, 2.24) is 29.8 Å². The highest BCUT2D eigenvalue weighted by molar-refractivity contribution is 5.79. The van der Waals surface area contributed by atoms with E-state index in [0.29, 0.717) is 12.0 Å². The van der Waals surface area contributed by atoms with E-state index in [1.54, 1.807) is 0 Å². The molecule has 2 rings (SSSR count). The van der Waals surface area contributed by atoms with Gasteiger partial charge in [-0.25, -0.2) is 0 Å². The first kappa shape index (κ1) is 20.7. The second kappa shape index (κ2) is 9.37. The SMILES string of the molecule is CCNC(=NCC1CN(C)CCN1C)N(C)Cc1cn(C)nc1C(C)C. The monoisotopic (exact) mass is 363 g/mol. The summed E-state index contributed by atoms with van der Waals surface area (Å²) < 4.78 is 1.91. The second-order valence-corrected chi connectivity index (χ2v) is 7.82. The van der Waals surface area contributed by atoms with E-state index in [0.717, 1.165) is 45.2 Å². The number of nitrogens with zero attached hydrogens (tertiary/aromatic N) is 6. The summed E-state index contributed by atoms with van der Waals surface area (Å²) in [4.78, 5) is 12.0. The van der Waals surface area contributed by atoms with Crippen LogP contribution in [0.3, 0.4) is 0 Å². The van der Waals surface area contributed by atoms with Gasteiger partial charge >= 0.3 is 0 Å². The Bertz CT molecular complexity index is 593. The lowest BCUT2D eigenvalue weighted by Gasteiger charge is -2.37. The molecule has 1 aromatic rings. The molecule has 0 spiro atoms. The molecule has 0 aliphatic carbocycles. The largest absolute Gasteiger partial charge is 0.357 e. The number of guanidine groups is 1. The minimum Gasteiger partial charge on any atom is -0.357 e. The van der Waals surface area contributed by atoms with E-state index in [1.165, 1.54) is 11.3 Å². The van der Waals surface area contributed by atoms with Crippen LogP contribution in [0.25, 0.3) is 0 Å². The number of aliphatic imine (C=N–C) groups is 1. The maximum atomic E-state index is 4.94. The van der Waals surface area contributed by atoms with Crippen molar-refractivity contribution < 1.29 is 0 Å². The average molecular weight is 364 g/mol. The number of hydrogen-bond acceptors (Lipinski definition) is 4. The van der Waals surface area contributed by atoms with Crippen LogP contribution in [-0.2, 0) is 13.6 Å². The van der Waals surface area contributed by atoms with Crippen LogP contribution in [0, 0.1) is 0 Å². The maximum Gasteiger partial charge on any atom is 0.194 e. The second-order valence-electron chi connectivity index (χ2n) is 7.82. The number of rotatable bonds is 6. The Morgan fingerprint density at radius 2 is 2.08 bits per heavy atom. The average Bonchev–Trinajstić information content (AvgIpc) is 2.94. The Labute approximate surface area is 159 Å². The van der Waals surface area contributed by atoms with E-state index in [1.807, 2.05) is 11.7 Å². The molecular formula is C19H37N7. The Hall–Kier alpha value is -1.60. The number of aromatic nitrogens is 2. The highest BCUT2D eigenvalue weighted by Gasteiger charge is 2.22.